The van der Waals surface area contributed by atoms with Gasteiger partial charge < -0.3 is 0 Å². The van der Waals surface area contributed by atoms with E-state index in [1.807, 2.05) is 6.07 Å². The zero-order chi connectivity index (χ0) is 7.56. The summed E-state index contributed by atoms with van der Waals surface area (Å²) in [5, 5.41) is 8.37. The van der Waals surface area contributed by atoms with E-state index in [1.165, 1.54) is 18.2 Å². The topological polar surface area (TPSA) is 40.9 Å². The van der Waals surface area contributed by atoms with E-state index in [2.05, 4.69) is 6.58 Å². The fourth-order valence-corrected chi connectivity index (χ4v) is 0.649. The number of nitrogens with zero attached hydrogens (tertiary/aromatic N) is 1. The number of ketones is 1. The van der Waals surface area contributed by atoms with Crippen molar-refractivity contribution in [2.75, 3.05) is 0 Å². The molecule has 0 unspecified atom stereocenters. The Bertz CT molecular complexity index is 289. The minimum absolute atomic E-state index is 0.126. The van der Waals surface area contributed by atoms with Gasteiger partial charge in [-0.25, -0.2) is 0 Å². The fraction of sp³-hybridized carbons (Fsp3) is 0. The van der Waals surface area contributed by atoms with Gasteiger partial charge in [-0.2, -0.15) is 5.26 Å². The zero-order valence-electron chi connectivity index (χ0n) is 5.29. The number of hydrogen-bond acceptors (Lipinski definition) is 2. The monoisotopic (exact) mass is 131 g/mol. The van der Waals surface area contributed by atoms with Crippen LogP contribution in [0.4, 0.5) is 0 Å². The third-order valence-electron chi connectivity index (χ3n) is 1.19. The standard InChI is InChI=1S/C8H5NO/c1-6-4-7(5-9)2-3-8(6)10/h2-4H,1H2. The van der Waals surface area contributed by atoms with Crippen molar-refractivity contribution in [3.63, 3.8) is 0 Å². The van der Waals surface area contributed by atoms with Crippen molar-refractivity contribution in [3.05, 3.63) is 36.0 Å². The van der Waals surface area contributed by atoms with E-state index in [0.29, 0.717) is 11.1 Å². The Kier molecular flexibility index (Phi) is 1.51. The number of hydrogen-bond donors (Lipinski definition) is 0. The van der Waals surface area contributed by atoms with Crippen molar-refractivity contribution >= 4 is 5.78 Å². The van der Waals surface area contributed by atoms with Gasteiger partial charge in [0.25, 0.3) is 0 Å². The lowest BCUT2D eigenvalue weighted by Gasteiger charge is -1.98. The van der Waals surface area contributed by atoms with Crippen LogP contribution in [-0.2, 0) is 4.79 Å². The summed E-state index contributed by atoms with van der Waals surface area (Å²) in [5.74, 6) is -0.126. The minimum Gasteiger partial charge on any atom is -0.289 e. The molecule has 2 heteroatoms. The molecule has 0 bridgehead atoms. The lowest BCUT2D eigenvalue weighted by atomic mass is 10.0. The molecule has 0 atom stereocenters. The Hall–Kier alpha value is -1.62. The fourth-order valence-electron chi connectivity index (χ4n) is 0.649. The predicted octanol–water partition coefficient (Wildman–Crippen LogP) is 1.13. The van der Waals surface area contributed by atoms with Crippen LogP contribution in [0.2, 0.25) is 0 Å². The van der Waals surface area contributed by atoms with Crippen molar-refractivity contribution in [2.45, 2.75) is 0 Å². The normalized spacial score (nSPS) is 16.5. The van der Waals surface area contributed by atoms with E-state index in [0.717, 1.165) is 0 Å². The van der Waals surface area contributed by atoms with E-state index < -0.39 is 0 Å². The first-order valence-electron chi connectivity index (χ1n) is 2.77. The van der Waals surface area contributed by atoms with E-state index >= 15 is 0 Å². The van der Waals surface area contributed by atoms with Crippen LogP contribution in [-0.4, -0.2) is 5.78 Å². The summed E-state index contributed by atoms with van der Waals surface area (Å²) >= 11 is 0. The second-order valence-corrected chi connectivity index (χ2v) is 1.93. The number of allylic oxidation sites excluding steroid dienone is 5. The molecule has 0 spiro atoms. The molecule has 2 nitrogen and oxygen atoms in total. The maximum Gasteiger partial charge on any atom is 0.185 e. The van der Waals surface area contributed by atoms with Crippen LogP contribution < -0.4 is 0 Å². The molecule has 0 aliphatic heterocycles. The summed E-state index contributed by atoms with van der Waals surface area (Å²) in [7, 11) is 0. The highest BCUT2D eigenvalue weighted by Crippen LogP contribution is 2.09. The lowest BCUT2D eigenvalue weighted by molar-refractivity contribution is -0.111. The average molecular weight is 131 g/mol. The summed E-state index contributed by atoms with van der Waals surface area (Å²) in [5.41, 5.74) is 0.851. The molecule has 1 aliphatic rings. The van der Waals surface area contributed by atoms with E-state index in [1.54, 1.807) is 0 Å². The second kappa shape index (κ2) is 2.32. The highest BCUT2D eigenvalue weighted by molar-refractivity contribution is 6.07. The Balaban J connectivity index is 3.00. The maximum atomic E-state index is 10.7. The van der Waals surface area contributed by atoms with E-state index in [-0.39, 0.29) is 5.78 Å². The number of nitriles is 1. The Labute approximate surface area is 58.8 Å². The van der Waals surface area contributed by atoms with Crippen molar-refractivity contribution < 1.29 is 4.79 Å². The smallest absolute Gasteiger partial charge is 0.185 e. The van der Waals surface area contributed by atoms with E-state index in [4.69, 9.17) is 5.26 Å². The van der Waals surface area contributed by atoms with Crippen LogP contribution in [0.1, 0.15) is 0 Å². The van der Waals surface area contributed by atoms with Gasteiger partial charge in [0.15, 0.2) is 5.78 Å². The van der Waals surface area contributed by atoms with Gasteiger partial charge in [-0.05, 0) is 18.2 Å². The maximum absolute atomic E-state index is 10.7. The molecular weight excluding hydrogens is 126 g/mol. The van der Waals surface area contributed by atoms with Gasteiger partial charge in [-0.3, -0.25) is 4.79 Å². The predicted molar refractivity (Wildman–Crippen MR) is 37.0 cm³/mol. The summed E-state index contributed by atoms with van der Waals surface area (Å²) in [6.07, 6.45) is 4.31. The van der Waals surface area contributed by atoms with Gasteiger partial charge in [0, 0.05) is 5.57 Å². The molecule has 10 heavy (non-hydrogen) atoms. The lowest BCUT2D eigenvalue weighted by Crippen LogP contribution is -1.98. The summed E-state index contributed by atoms with van der Waals surface area (Å²) < 4.78 is 0. The van der Waals surface area contributed by atoms with Gasteiger partial charge in [0.05, 0.1) is 11.6 Å². The molecule has 1 rings (SSSR count). The Morgan fingerprint density at radius 3 is 2.70 bits per heavy atom. The highest BCUT2D eigenvalue weighted by atomic mass is 16.1. The second-order valence-electron chi connectivity index (χ2n) is 1.93. The molecule has 0 saturated carbocycles. The van der Waals surface area contributed by atoms with Gasteiger partial charge >= 0.3 is 0 Å². The quantitative estimate of drug-likeness (QED) is 0.462. The molecule has 0 radical (unpaired) electrons. The van der Waals surface area contributed by atoms with Crippen LogP contribution >= 0.6 is 0 Å². The number of carbonyl (C=O) groups excluding carboxylic acids is 1. The molecule has 0 aromatic carbocycles. The summed E-state index contributed by atoms with van der Waals surface area (Å²) in [6.45, 7) is 3.47. The van der Waals surface area contributed by atoms with Crippen LogP contribution in [0.15, 0.2) is 36.0 Å². The van der Waals surface area contributed by atoms with Crippen molar-refractivity contribution in [2.24, 2.45) is 0 Å². The number of rotatable bonds is 0. The molecule has 0 N–H and O–H groups in total. The first-order chi connectivity index (χ1) is 4.74. The molecular formula is C8H5NO. The average Bonchev–Trinajstić information content (AvgIpc) is 1.95. The zero-order valence-corrected chi connectivity index (χ0v) is 5.29. The molecule has 0 fully saturated rings. The van der Waals surface area contributed by atoms with Crippen LogP contribution in [0.5, 0.6) is 0 Å². The molecule has 0 aromatic heterocycles. The van der Waals surface area contributed by atoms with Gasteiger partial charge in [-0.1, -0.05) is 6.58 Å². The third-order valence-corrected chi connectivity index (χ3v) is 1.19. The Morgan fingerprint density at radius 1 is 1.50 bits per heavy atom. The van der Waals surface area contributed by atoms with Gasteiger partial charge in [-0.15, -0.1) is 0 Å². The Morgan fingerprint density at radius 2 is 2.20 bits per heavy atom. The number of carbonyl (C=O) groups is 1. The molecule has 1 aliphatic carbocycles. The summed E-state index contributed by atoms with van der Waals surface area (Å²) in [4.78, 5) is 10.7. The van der Waals surface area contributed by atoms with Crippen molar-refractivity contribution in [1.29, 1.82) is 5.26 Å². The molecule has 0 amide bonds. The molecule has 0 heterocycles. The molecule has 0 saturated heterocycles. The minimum atomic E-state index is -0.126. The van der Waals surface area contributed by atoms with Crippen molar-refractivity contribution in [3.8, 4) is 6.07 Å². The van der Waals surface area contributed by atoms with Gasteiger partial charge in [0.1, 0.15) is 0 Å². The molecule has 0 aromatic rings. The first kappa shape index (κ1) is 6.50. The van der Waals surface area contributed by atoms with Gasteiger partial charge in [0.2, 0.25) is 0 Å². The SMILES string of the molecule is C=C1C=C(C#N)C=CC1=O. The van der Waals surface area contributed by atoms with E-state index in [9.17, 15) is 4.79 Å². The third kappa shape index (κ3) is 1.03. The first-order valence-corrected chi connectivity index (χ1v) is 2.77. The molecule has 48 valence electrons. The summed E-state index contributed by atoms with van der Waals surface area (Å²) in [6, 6.07) is 1.92. The van der Waals surface area contributed by atoms with Crippen molar-refractivity contribution in [1.82, 2.24) is 0 Å². The van der Waals surface area contributed by atoms with Crippen LogP contribution in [0.25, 0.3) is 0 Å². The van der Waals surface area contributed by atoms with Crippen LogP contribution in [0.3, 0.4) is 0 Å². The highest BCUT2D eigenvalue weighted by Gasteiger charge is 2.05. The largest absolute Gasteiger partial charge is 0.289 e. The van der Waals surface area contributed by atoms with Crippen LogP contribution in [0, 0.1) is 11.3 Å².